The summed E-state index contributed by atoms with van der Waals surface area (Å²) in [6, 6.07) is 0. The smallest absolute Gasteiger partial charge is 0.306 e. The molecular weight excluding hydrogens is 701 g/mol. The van der Waals surface area contributed by atoms with Crippen LogP contribution in [-0.2, 0) is 32.7 Å². The molecule has 0 bridgehead atoms. The summed E-state index contributed by atoms with van der Waals surface area (Å²) < 4.78 is 33.8. The van der Waals surface area contributed by atoms with Gasteiger partial charge in [0.15, 0.2) is 6.10 Å². The van der Waals surface area contributed by atoms with Crippen molar-refractivity contribution in [1.82, 2.24) is 0 Å². The summed E-state index contributed by atoms with van der Waals surface area (Å²) in [5, 5.41) is 0. The minimum absolute atomic E-state index is 0.0465. The lowest BCUT2D eigenvalue weighted by atomic mass is 10.1. The van der Waals surface area contributed by atoms with Crippen LogP contribution in [-0.4, -0.2) is 70.0 Å². The number of carbonyl (C=O) groups excluding carboxylic acids is 2. The Kier molecular flexibility index (Phi) is 33.6. The quantitative estimate of drug-likeness (QED) is 0.0209. The van der Waals surface area contributed by atoms with Gasteiger partial charge in [0.25, 0.3) is 7.82 Å². The summed E-state index contributed by atoms with van der Waals surface area (Å²) in [6.45, 7) is 3.85. The van der Waals surface area contributed by atoms with Gasteiger partial charge in [-0.05, 0) is 51.4 Å². The van der Waals surface area contributed by atoms with Crippen LogP contribution in [0, 0.1) is 0 Å². The van der Waals surface area contributed by atoms with Crippen molar-refractivity contribution in [1.29, 1.82) is 0 Å². The van der Waals surface area contributed by atoms with Gasteiger partial charge in [0.1, 0.15) is 19.8 Å². The summed E-state index contributed by atoms with van der Waals surface area (Å²) >= 11 is 0. The van der Waals surface area contributed by atoms with Gasteiger partial charge in [-0.25, -0.2) is 0 Å². The molecule has 0 aromatic carbocycles. The topological polar surface area (TPSA) is 111 Å². The number of nitrogens with zero attached hydrogens (tertiary/aromatic N) is 1. The average Bonchev–Trinajstić information content (AvgIpc) is 3.12. The second-order valence-electron chi connectivity index (χ2n) is 14.1. The van der Waals surface area contributed by atoms with E-state index >= 15 is 0 Å². The number of allylic oxidation sites excluding steroid dienone is 16. The first-order chi connectivity index (χ1) is 26.0. The van der Waals surface area contributed by atoms with Crippen molar-refractivity contribution in [3.8, 4) is 0 Å². The van der Waals surface area contributed by atoms with E-state index in [0.29, 0.717) is 23.9 Å². The molecular formula is C44H72NO8P. The summed E-state index contributed by atoms with van der Waals surface area (Å²) in [6.07, 6.45) is 45.7. The molecule has 0 saturated carbocycles. The van der Waals surface area contributed by atoms with Crippen LogP contribution in [0.5, 0.6) is 0 Å². The van der Waals surface area contributed by atoms with Crippen molar-refractivity contribution in [2.45, 2.75) is 123 Å². The predicted octanol–water partition coefficient (Wildman–Crippen LogP) is 10.4. The molecule has 306 valence electrons. The minimum atomic E-state index is -4.64. The number of hydrogen-bond acceptors (Lipinski definition) is 8. The Morgan fingerprint density at radius 1 is 0.574 bits per heavy atom. The molecule has 0 radical (unpaired) electrons. The molecule has 0 aliphatic heterocycles. The van der Waals surface area contributed by atoms with Crippen LogP contribution < -0.4 is 4.89 Å². The van der Waals surface area contributed by atoms with Crippen LogP contribution >= 0.6 is 7.82 Å². The number of carbonyl (C=O) groups is 2. The Morgan fingerprint density at radius 3 is 1.48 bits per heavy atom. The number of ether oxygens (including phenoxy) is 2. The van der Waals surface area contributed by atoms with Crippen molar-refractivity contribution in [3.63, 3.8) is 0 Å². The molecule has 0 aromatic heterocycles. The lowest BCUT2D eigenvalue weighted by Gasteiger charge is -2.28. The van der Waals surface area contributed by atoms with Crippen LogP contribution in [0.25, 0.3) is 0 Å². The number of likely N-dealkylation sites (N-methyl/N-ethyl adjacent to an activating group) is 1. The maximum atomic E-state index is 12.6. The van der Waals surface area contributed by atoms with E-state index in [2.05, 4.69) is 50.3 Å². The Morgan fingerprint density at radius 2 is 1.00 bits per heavy atom. The van der Waals surface area contributed by atoms with Crippen molar-refractivity contribution in [2.75, 3.05) is 47.5 Å². The fourth-order valence-corrected chi connectivity index (χ4v) is 5.40. The number of hydrogen-bond donors (Lipinski definition) is 0. The number of esters is 2. The molecule has 0 fully saturated rings. The summed E-state index contributed by atoms with van der Waals surface area (Å²) in [5.74, 6) is -0.903. The fraction of sp³-hybridized carbons (Fsp3) is 0.591. The molecule has 0 rings (SSSR count). The summed E-state index contributed by atoms with van der Waals surface area (Å²) in [5.41, 5.74) is 0. The van der Waals surface area contributed by atoms with E-state index in [4.69, 9.17) is 18.5 Å². The maximum absolute atomic E-state index is 12.6. The standard InChI is InChI=1S/C44H72NO8P/c1-6-8-10-12-14-16-18-20-22-24-26-28-30-32-34-36-43(46)50-40-42(41-52-54(48,49)51-39-38-45(3,4)5)53-44(47)37-35-33-31-29-27-25-23-21-19-17-15-13-11-9-7-2/h8-23,42H,6-7,24-41H2,1-5H3/b10-8-,11-9-,14-12-,15-13-,18-16-,19-17-,22-20-,23-21-. The van der Waals surface area contributed by atoms with E-state index in [9.17, 15) is 19.0 Å². The van der Waals surface area contributed by atoms with Crippen LogP contribution in [0.15, 0.2) is 97.2 Å². The molecule has 9 nitrogen and oxygen atoms in total. The first kappa shape index (κ1) is 50.9. The van der Waals surface area contributed by atoms with Crippen molar-refractivity contribution < 1.29 is 42.1 Å². The molecule has 10 heteroatoms. The molecule has 0 aromatic rings. The fourth-order valence-electron chi connectivity index (χ4n) is 4.67. The number of unbranched alkanes of at least 4 members (excludes halogenated alkanes) is 10. The minimum Gasteiger partial charge on any atom is -0.756 e. The molecule has 0 aliphatic rings. The van der Waals surface area contributed by atoms with E-state index in [1.54, 1.807) is 0 Å². The SMILES string of the molecule is CC\C=C/C=C\C=C/C=C\CCCCCCCC(=O)OCC(COP(=O)([O-])OCC[N+](C)(C)C)OC(=O)CCCCCCC\C=C/C=C\C=C/C=C\CC. The highest BCUT2D eigenvalue weighted by atomic mass is 31.2. The lowest BCUT2D eigenvalue weighted by Crippen LogP contribution is -2.37. The van der Waals surface area contributed by atoms with Gasteiger partial charge in [-0.3, -0.25) is 14.2 Å². The van der Waals surface area contributed by atoms with Crippen LogP contribution in [0.1, 0.15) is 117 Å². The zero-order valence-electron chi connectivity index (χ0n) is 34.1. The average molecular weight is 774 g/mol. The number of quaternary nitrogens is 1. The number of rotatable bonds is 34. The molecule has 0 aliphatic carbocycles. The van der Waals surface area contributed by atoms with Crippen molar-refractivity contribution in [2.24, 2.45) is 0 Å². The van der Waals surface area contributed by atoms with Gasteiger partial charge in [-0.1, -0.05) is 150 Å². The molecule has 0 N–H and O–H groups in total. The lowest BCUT2D eigenvalue weighted by molar-refractivity contribution is -0.870. The van der Waals surface area contributed by atoms with Crippen LogP contribution in [0.4, 0.5) is 0 Å². The predicted molar refractivity (Wildman–Crippen MR) is 222 cm³/mol. The number of phosphoric ester groups is 1. The van der Waals surface area contributed by atoms with Crippen LogP contribution in [0.3, 0.4) is 0 Å². The second kappa shape index (κ2) is 35.6. The molecule has 0 saturated heterocycles. The zero-order valence-corrected chi connectivity index (χ0v) is 35.0. The van der Waals surface area contributed by atoms with Gasteiger partial charge in [-0.2, -0.15) is 0 Å². The molecule has 2 atom stereocenters. The van der Waals surface area contributed by atoms with E-state index in [1.807, 2.05) is 81.9 Å². The third-order valence-corrected chi connectivity index (χ3v) is 8.75. The van der Waals surface area contributed by atoms with E-state index in [-0.39, 0.29) is 26.1 Å². The highest BCUT2D eigenvalue weighted by molar-refractivity contribution is 7.45. The molecule has 0 amide bonds. The summed E-state index contributed by atoms with van der Waals surface area (Å²) in [7, 11) is 1.11. The maximum Gasteiger partial charge on any atom is 0.306 e. The van der Waals surface area contributed by atoms with E-state index < -0.39 is 32.5 Å². The van der Waals surface area contributed by atoms with Gasteiger partial charge in [-0.15, -0.1) is 0 Å². The van der Waals surface area contributed by atoms with Crippen molar-refractivity contribution >= 4 is 19.8 Å². The molecule has 2 unspecified atom stereocenters. The Bertz CT molecular complexity index is 1240. The number of phosphoric acid groups is 1. The van der Waals surface area contributed by atoms with E-state index in [0.717, 1.165) is 77.0 Å². The normalized spacial score (nSPS) is 14.7. The van der Waals surface area contributed by atoms with Crippen molar-refractivity contribution in [3.05, 3.63) is 97.2 Å². The highest BCUT2D eigenvalue weighted by Gasteiger charge is 2.21. The molecule has 0 heterocycles. The molecule has 0 spiro atoms. The van der Waals surface area contributed by atoms with E-state index in [1.165, 1.54) is 0 Å². The van der Waals surface area contributed by atoms with Gasteiger partial charge in [0, 0.05) is 12.8 Å². The monoisotopic (exact) mass is 773 g/mol. The Balaban J connectivity index is 4.53. The Labute approximate surface area is 328 Å². The van der Waals surface area contributed by atoms with Gasteiger partial charge in [0.05, 0.1) is 27.7 Å². The van der Waals surface area contributed by atoms with Crippen LogP contribution in [0.2, 0.25) is 0 Å². The van der Waals surface area contributed by atoms with Gasteiger partial charge < -0.3 is 27.9 Å². The summed E-state index contributed by atoms with van der Waals surface area (Å²) in [4.78, 5) is 37.4. The highest BCUT2D eigenvalue weighted by Crippen LogP contribution is 2.38. The first-order valence-corrected chi connectivity index (χ1v) is 21.5. The third kappa shape index (κ3) is 38.6. The largest absolute Gasteiger partial charge is 0.756 e. The second-order valence-corrected chi connectivity index (χ2v) is 15.5. The zero-order chi connectivity index (χ0) is 40.0. The Hall–Kier alpha value is -3.07. The third-order valence-electron chi connectivity index (χ3n) is 7.79. The van der Waals surface area contributed by atoms with Gasteiger partial charge >= 0.3 is 11.9 Å². The molecule has 54 heavy (non-hydrogen) atoms. The van der Waals surface area contributed by atoms with Gasteiger partial charge in [0.2, 0.25) is 0 Å². The first-order valence-electron chi connectivity index (χ1n) is 20.0.